The zero-order chi connectivity index (χ0) is 27.3. The molecule has 8 aliphatic carbocycles. The van der Waals surface area contributed by atoms with Gasteiger partial charge >= 0.3 is 0 Å². The van der Waals surface area contributed by atoms with E-state index in [0.29, 0.717) is 0 Å². The van der Waals surface area contributed by atoms with Crippen molar-refractivity contribution in [2.75, 3.05) is 0 Å². The third kappa shape index (κ3) is 5.39. The van der Waals surface area contributed by atoms with Gasteiger partial charge in [0, 0.05) is 0 Å². The highest BCUT2D eigenvalue weighted by Gasteiger charge is 2.51. The molecular formula is C41H64. The van der Waals surface area contributed by atoms with Crippen LogP contribution in [0.1, 0.15) is 155 Å². The number of rotatable bonds is 3. The molecule has 5 saturated carbocycles. The summed E-state index contributed by atoms with van der Waals surface area (Å²) in [6.07, 6.45) is 41.2. The summed E-state index contributed by atoms with van der Waals surface area (Å²) in [6, 6.07) is 0. The zero-order valence-electron chi connectivity index (χ0n) is 26.9. The van der Waals surface area contributed by atoms with E-state index in [0.717, 1.165) is 76.9 Å². The number of hydrogen-bond acceptors (Lipinski definition) is 0. The van der Waals surface area contributed by atoms with Crippen LogP contribution in [0.2, 0.25) is 0 Å². The Morgan fingerprint density at radius 3 is 1.80 bits per heavy atom. The molecule has 228 valence electrons. The lowest BCUT2D eigenvalue weighted by molar-refractivity contribution is 0.0251. The third-order valence-electron chi connectivity index (χ3n) is 15.7. The molecule has 0 N–H and O–H groups in total. The van der Waals surface area contributed by atoms with Crippen LogP contribution in [0.4, 0.5) is 0 Å². The minimum atomic E-state index is 0.880. The maximum atomic E-state index is 2.82. The van der Waals surface area contributed by atoms with Gasteiger partial charge < -0.3 is 0 Å². The molecular weight excluding hydrogens is 492 g/mol. The Labute approximate surface area is 254 Å². The molecule has 0 saturated heterocycles. The van der Waals surface area contributed by atoms with Gasteiger partial charge in [-0.05, 0) is 173 Å². The van der Waals surface area contributed by atoms with Gasteiger partial charge in [-0.2, -0.15) is 0 Å². The molecule has 0 aliphatic heterocycles. The molecule has 5 fully saturated rings. The Bertz CT molecular complexity index is 961. The van der Waals surface area contributed by atoms with Crippen molar-refractivity contribution in [3.05, 3.63) is 23.3 Å². The van der Waals surface area contributed by atoms with Gasteiger partial charge in [-0.3, -0.25) is 0 Å². The molecule has 8 rings (SSSR count). The van der Waals surface area contributed by atoms with E-state index in [1.165, 1.54) is 64.2 Å². The predicted octanol–water partition coefficient (Wildman–Crippen LogP) is 12.0. The first-order chi connectivity index (χ1) is 20.2. The Balaban J connectivity index is 1.03. The smallest absolute Gasteiger partial charge is 0.0106 e. The van der Waals surface area contributed by atoms with E-state index in [1.54, 1.807) is 83.5 Å². The average molecular weight is 557 g/mol. The molecule has 0 nitrogen and oxygen atoms in total. The molecule has 0 radical (unpaired) electrons. The van der Waals surface area contributed by atoms with E-state index >= 15 is 0 Å². The van der Waals surface area contributed by atoms with Gasteiger partial charge in [0.05, 0.1) is 0 Å². The normalized spacial score (nSPS) is 50.3. The van der Waals surface area contributed by atoms with Crippen LogP contribution in [0.15, 0.2) is 23.3 Å². The zero-order valence-corrected chi connectivity index (χ0v) is 26.9. The Morgan fingerprint density at radius 1 is 0.439 bits per heavy atom. The highest BCUT2D eigenvalue weighted by atomic mass is 14.6. The van der Waals surface area contributed by atoms with Crippen LogP contribution < -0.4 is 0 Å². The van der Waals surface area contributed by atoms with E-state index in [-0.39, 0.29) is 0 Å². The molecule has 8 aliphatic rings. The summed E-state index contributed by atoms with van der Waals surface area (Å²) < 4.78 is 0. The number of hydrogen-bond donors (Lipinski definition) is 0. The summed E-state index contributed by atoms with van der Waals surface area (Å²) in [5.41, 5.74) is 4.18. The topological polar surface area (TPSA) is 0 Å². The summed E-state index contributed by atoms with van der Waals surface area (Å²) >= 11 is 0. The van der Waals surface area contributed by atoms with Crippen molar-refractivity contribution in [2.24, 2.45) is 76.9 Å². The summed E-state index contributed by atoms with van der Waals surface area (Å²) in [4.78, 5) is 0. The van der Waals surface area contributed by atoms with Gasteiger partial charge in [0.25, 0.3) is 0 Å². The molecule has 0 aromatic rings. The lowest BCUT2D eigenvalue weighted by atomic mass is 9.49. The first-order valence-corrected chi connectivity index (χ1v) is 19.6. The van der Waals surface area contributed by atoms with Gasteiger partial charge in [-0.25, -0.2) is 0 Å². The molecule has 0 spiro atoms. The second kappa shape index (κ2) is 12.1. The van der Waals surface area contributed by atoms with Crippen molar-refractivity contribution in [2.45, 2.75) is 155 Å². The van der Waals surface area contributed by atoms with Crippen LogP contribution in [0.5, 0.6) is 0 Å². The van der Waals surface area contributed by atoms with Crippen molar-refractivity contribution in [1.82, 2.24) is 0 Å². The molecule has 0 amide bonds. The highest BCUT2D eigenvalue weighted by Crippen LogP contribution is 2.61. The van der Waals surface area contributed by atoms with Gasteiger partial charge in [0.2, 0.25) is 0 Å². The second-order valence-corrected chi connectivity index (χ2v) is 17.6. The van der Waals surface area contributed by atoms with Crippen molar-refractivity contribution >= 4 is 0 Å². The first-order valence-electron chi connectivity index (χ1n) is 19.6. The molecule has 0 aromatic heterocycles. The molecule has 0 heterocycles. The van der Waals surface area contributed by atoms with Gasteiger partial charge in [0.15, 0.2) is 0 Å². The predicted molar refractivity (Wildman–Crippen MR) is 173 cm³/mol. The van der Waals surface area contributed by atoms with E-state index in [9.17, 15) is 0 Å². The minimum Gasteiger partial charge on any atom is -0.0848 e. The SMILES string of the molecule is CC1CCC2=C(C1)C(C1CCC(C3CCC4CCCCC4C3)CC1)C1CCCCC1C2C1C=CC2CCCCC2C1. The fourth-order valence-corrected chi connectivity index (χ4v) is 13.8. The fourth-order valence-electron chi connectivity index (χ4n) is 13.8. The van der Waals surface area contributed by atoms with E-state index in [2.05, 4.69) is 30.2 Å². The van der Waals surface area contributed by atoms with Crippen molar-refractivity contribution in [3.8, 4) is 0 Å². The Morgan fingerprint density at radius 2 is 1.00 bits per heavy atom. The van der Waals surface area contributed by atoms with Crippen LogP contribution >= 0.6 is 0 Å². The van der Waals surface area contributed by atoms with Crippen molar-refractivity contribution < 1.29 is 0 Å². The Hall–Kier alpha value is -0.520. The molecule has 11 atom stereocenters. The van der Waals surface area contributed by atoms with E-state index in [1.807, 2.05) is 0 Å². The first kappa shape index (κ1) is 28.0. The monoisotopic (exact) mass is 557 g/mol. The van der Waals surface area contributed by atoms with Gasteiger partial charge in [0.1, 0.15) is 0 Å². The van der Waals surface area contributed by atoms with Crippen LogP contribution in [0, 0.1) is 76.9 Å². The average Bonchev–Trinajstić information content (AvgIpc) is 3.03. The summed E-state index contributed by atoms with van der Waals surface area (Å²) in [6.45, 7) is 2.61. The lowest BCUT2D eigenvalue weighted by Crippen LogP contribution is -2.46. The summed E-state index contributed by atoms with van der Waals surface area (Å²) in [5.74, 6) is 13.2. The van der Waals surface area contributed by atoms with Crippen LogP contribution in [-0.2, 0) is 0 Å². The maximum Gasteiger partial charge on any atom is -0.0106 e. The second-order valence-electron chi connectivity index (χ2n) is 17.6. The molecule has 41 heavy (non-hydrogen) atoms. The molecule has 11 unspecified atom stereocenters. The molecule has 0 bridgehead atoms. The van der Waals surface area contributed by atoms with Crippen molar-refractivity contribution in [3.63, 3.8) is 0 Å². The number of allylic oxidation sites excluding steroid dienone is 4. The molecule has 0 heteroatoms. The molecule has 0 aromatic carbocycles. The van der Waals surface area contributed by atoms with Crippen LogP contribution in [0.3, 0.4) is 0 Å². The Kier molecular flexibility index (Phi) is 8.27. The number of fused-ring (bicyclic) bond motifs is 3. The minimum absolute atomic E-state index is 0.880. The largest absolute Gasteiger partial charge is 0.0848 e. The third-order valence-corrected chi connectivity index (χ3v) is 15.7. The fraction of sp³-hybridized carbons (Fsp3) is 0.902. The summed E-state index contributed by atoms with van der Waals surface area (Å²) in [5, 5.41) is 0. The maximum absolute atomic E-state index is 2.82. The van der Waals surface area contributed by atoms with Crippen LogP contribution in [-0.4, -0.2) is 0 Å². The lowest BCUT2D eigenvalue weighted by Gasteiger charge is -2.56. The van der Waals surface area contributed by atoms with Crippen molar-refractivity contribution in [1.29, 1.82) is 0 Å². The van der Waals surface area contributed by atoms with E-state index in [4.69, 9.17) is 0 Å². The highest BCUT2D eigenvalue weighted by molar-refractivity contribution is 5.31. The van der Waals surface area contributed by atoms with E-state index < -0.39 is 0 Å². The summed E-state index contributed by atoms with van der Waals surface area (Å²) in [7, 11) is 0. The van der Waals surface area contributed by atoms with Gasteiger partial charge in [-0.15, -0.1) is 0 Å². The van der Waals surface area contributed by atoms with Gasteiger partial charge in [-0.1, -0.05) is 81.6 Å². The quantitative estimate of drug-likeness (QED) is 0.303. The van der Waals surface area contributed by atoms with Crippen LogP contribution in [0.25, 0.3) is 0 Å². The standard InChI is InChI=1S/C41H64/c1-27-14-23-38-39(24-27)40(31-19-15-30(16-20-31)34-21-17-28-8-2-4-10-32(28)25-34)36-12-6-7-13-37(36)41(38)35-22-18-29-9-3-5-11-33(29)26-35/h18,22,27-37,40-41H,2-17,19-21,23-26H2,1H3.